The number of halogens is 2. The highest BCUT2D eigenvalue weighted by atomic mass is 35.5. The summed E-state index contributed by atoms with van der Waals surface area (Å²) in [4.78, 5) is 11.8. The molecule has 6 heteroatoms. The van der Waals surface area contributed by atoms with Crippen LogP contribution in [0.2, 0.25) is 5.02 Å². The van der Waals surface area contributed by atoms with Crippen LogP contribution in [0.15, 0.2) is 57.8 Å². The van der Waals surface area contributed by atoms with Crippen LogP contribution < -0.4 is 5.76 Å². The van der Waals surface area contributed by atoms with E-state index in [1.54, 1.807) is 6.07 Å². The standard InChI is InChI=1S/C16H12ClFN2O2/c17-13-7-4-8-14(18)12(13)10-20-15(19-22-16(20)21)9-11-5-2-1-3-6-11/h1-8H,9-10H2. The molecule has 0 unspecified atom stereocenters. The van der Waals surface area contributed by atoms with E-state index in [0.717, 1.165) is 5.56 Å². The van der Waals surface area contributed by atoms with Crippen molar-refractivity contribution in [1.82, 2.24) is 9.72 Å². The van der Waals surface area contributed by atoms with Crippen molar-refractivity contribution in [2.75, 3.05) is 0 Å². The molecule has 0 bridgehead atoms. The third kappa shape index (κ3) is 2.94. The molecule has 0 amide bonds. The number of hydrogen-bond donors (Lipinski definition) is 0. The third-order valence-electron chi connectivity index (χ3n) is 3.34. The summed E-state index contributed by atoms with van der Waals surface area (Å²) in [6.45, 7) is -0.0179. The highest BCUT2D eigenvalue weighted by Crippen LogP contribution is 2.20. The van der Waals surface area contributed by atoms with Gasteiger partial charge in [-0.15, -0.1) is 0 Å². The molecular weight excluding hydrogens is 307 g/mol. The van der Waals surface area contributed by atoms with Crippen LogP contribution in [0.5, 0.6) is 0 Å². The van der Waals surface area contributed by atoms with Crippen LogP contribution in [0.4, 0.5) is 4.39 Å². The summed E-state index contributed by atoms with van der Waals surface area (Å²) in [7, 11) is 0. The predicted molar refractivity (Wildman–Crippen MR) is 80.5 cm³/mol. The summed E-state index contributed by atoms with van der Waals surface area (Å²) in [5.74, 6) is -0.674. The fourth-order valence-corrected chi connectivity index (χ4v) is 2.42. The Bertz CT molecular complexity index is 823. The van der Waals surface area contributed by atoms with Crippen molar-refractivity contribution in [2.45, 2.75) is 13.0 Å². The smallest absolute Gasteiger partial charge is 0.296 e. The van der Waals surface area contributed by atoms with Crippen LogP contribution in [-0.4, -0.2) is 9.72 Å². The van der Waals surface area contributed by atoms with E-state index < -0.39 is 11.6 Å². The summed E-state index contributed by atoms with van der Waals surface area (Å²) < 4.78 is 19.9. The van der Waals surface area contributed by atoms with E-state index in [4.69, 9.17) is 16.1 Å². The number of rotatable bonds is 4. The van der Waals surface area contributed by atoms with Gasteiger partial charge in [0.25, 0.3) is 0 Å². The average molecular weight is 319 g/mol. The van der Waals surface area contributed by atoms with E-state index in [1.165, 1.54) is 16.7 Å². The number of nitrogens with zero attached hydrogens (tertiary/aromatic N) is 2. The van der Waals surface area contributed by atoms with Crippen molar-refractivity contribution in [2.24, 2.45) is 0 Å². The minimum Gasteiger partial charge on any atom is -0.296 e. The molecule has 0 aliphatic rings. The zero-order valence-electron chi connectivity index (χ0n) is 11.5. The second kappa shape index (κ2) is 6.15. The summed E-state index contributed by atoms with van der Waals surface area (Å²) in [5, 5.41) is 4.04. The van der Waals surface area contributed by atoms with Crippen LogP contribution in [0.3, 0.4) is 0 Å². The van der Waals surface area contributed by atoms with Crippen LogP contribution in [0, 0.1) is 5.82 Å². The lowest BCUT2D eigenvalue weighted by atomic mass is 10.1. The van der Waals surface area contributed by atoms with Gasteiger partial charge in [-0.3, -0.25) is 9.09 Å². The SMILES string of the molecule is O=c1onc(Cc2ccccc2)n1Cc1c(F)cccc1Cl. The maximum absolute atomic E-state index is 13.9. The van der Waals surface area contributed by atoms with Gasteiger partial charge in [-0.05, 0) is 17.7 Å². The molecule has 0 saturated carbocycles. The van der Waals surface area contributed by atoms with E-state index in [1.807, 2.05) is 30.3 Å². The van der Waals surface area contributed by atoms with Crippen LogP contribution in [-0.2, 0) is 13.0 Å². The van der Waals surface area contributed by atoms with Crippen molar-refractivity contribution in [1.29, 1.82) is 0 Å². The average Bonchev–Trinajstić information content (AvgIpc) is 2.85. The van der Waals surface area contributed by atoms with E-state index in [0.29, 0.717) is 12.2 Å². The summed E-state index contributed by atoms with van der Waals surface area (Å²) in [6.07, 6.45) is 0.415. The van der Waals surface area contributed by atoms with Crippen LogP contribution in [0.25, 0.3) is 0 Å². The quantitative estimate of drug-likeness (QED) is 0.742. The molecule has 0 saturated heterocycles. The van der Waals surface area contributed by atoms with Crippen molar-refractivity contribution in [3.63, 3.8) is 0 Å². The van der Waals surface area contributed by atoms with E-state index in [2.05, 4.69) is 5.16 Å². The molecule has 0 atom stereocenters. The van der Waals surface area contributed by atoms with Gasteiger partial charge in [0.2, 0.25) is 0 Å². The molecule has 1 aromatic heterocycles. The largest absolute Gasteiger partial charge is 0.441 e. The molecule has 0 aliphatic heterocycles. The lowest BCUT2D eigenvalue weighted by Crippen LogP contribution is -2.19. The molecule has 0 radical (unpaired) electrons. The maximum Gasteiger partial charge on any atom is 0.441 e. The van der Waals surface area contributed by atoms with Crippen molar-refractivity contribution in [3.05, 3.63) is 86.9 Å². The highest BCUT2D eigenvalue weighted by molar-refractivity contribution is 6.31. The Balaban J connectivity index is 1.95. The third-order valence-corrected chi connectivity index (χ3v) is 3.70. The predicted octanol–water partition coefficient (Wildman–Crippen LogP) is 3.27. The Kier molecular flexibility index (Phi) is 4.06. The Morgan fingerprint density at radius 3 is 2.64 bits per heavy atom. The Labute approximate surface area is 130 Å². The molecule has 0 spiro atoms. The summed E-state index contributed by atoms with van der Waals surface area (Å²) in [5.41, 5.74) is 1.22. The molecule has 0 N–H and O–H groups in total. The first-order valence-electron chi connectivity index (χ1n) is 6.67. The van der Waals surface area contributed by atoms with Gasteiger partial charge in [0.05, 0.1) is 6.54 Å². The zero-order chi connectivity index (χ0) is 15.5. The number of hydrogen-bond acceptors (Lipinski definition) is 3. The van der Waals surface area contributed by atoms with Crippen molar-refractivity contribution in [3.8, 4) is 0 Å². The number of benzene rings is 2. The normalized spacial score (nSPS) is 10.8. The molecule has 4 nitrogen and oxygen atoms in total. The molecule has 0 fully saturated rings. The van der Waals surface area contributed by atoms with Gasteiger partial charge in [-0.2, -0.15) is 0 Å². The minimum absolute atomic E-state index is 0.0179. The second-order valence-corrected chi connectivity index (χ2v) is 5.22. The van der Waals surface area contributed by atoms with E-state index in [-0.39, 0.29) is 17.1 Å². The van der Waals surface area contributed by atoms with Gasteiger partial charge >= 0.3 is 5.76 Å². The lowest BCUT2D eigenvalue weighted by molar-refractivity contribution is 0.375. The minimum atomic E-state index is -0.634. The Morgan fingerprint density at radius 1 is 1.14 bits per heavy atom. The molecule has 22 heavy (non-hydrogen) atoms. The Hall–Kier alpha value is -2.40. The fourth-order valence-electron chi connectivity index (χ4n) is 2.20. The van der Waals surface area contributed by atoms with Gasteiger partial charge in [-0.1, -0.05) is 53.2 Å². The van der Waals surface area contributed by atoms with E-state index >= 15 is 0 Å². The molecule has 0 aliphatic carbocycles. The molecule has 112 valence electrons. The first kappa shape index (κ1) is 14.5. The molecule has 3 rings (SSSR count). The molecule has 2 aromatic carbocycles. The zero-order valence-corrected chi connectivity index (χ0v) is 12.3. The highest BCUT2D eigenvalue weighted by Gasteiger charge is 2.15. The van der Waals surface area contributed by atoms with E-state index in [9.17, 15) is 9.18 Å². The summed E-state index contributed by atoms with van der Waals surface area (Å²) in [6, 6.07) is 13.9. The Morgan fingerprint density at radius 2 is 1.91 bits per heavy atom. The van der Waals surface area contributed by atoms with Gasteiger partial charge < -0.3 is 0 Å². The van der Waals surface area contributed by atoms with Crippen molar-refractivity contribution >= 4 is 11.6 Å². The van der Waals surface area contributed by atoms with Crippen LogP contribution in [0.1, 0.15) is 17.0 Å². The van der Waals surface area contributed by atoms with Gasteiger partial charge in [0.1, 0.15) is 5.82 Å². The second-order valence-electron chi connectivity index (χ2n) is 4.81. The lowest BCUT2D eigenvalue weighted by Gasteiger charge is -2.07. The van der Waals surface area contributed by atoms with Crippen molar-refractivity contribution < 1.29 is 8.91 Å². The maximum atomic E-state index is 13.9. The summed E-state index contributed by atoms with van der Waals surface area (Å²) >= 11 is 6.00. The number of aromatic nitrogens is 2. The van der Waals surface area contributed by atoms with Crippen LogP contribution >= 0.6 is 11.6 Å². The molecule has 1 heterocycles. The fraction of sp³-hybridized carbons (Fsp3) is 0.125. The topological polar surface area (TPSA) is 48.0 Å². The van der Waals surface area contributed by atoms with Gasteiger partial charge in [0.15, 0.2) is 5.82 Å². The molecule has 3 aromatic rings. The molecular formula is C16H12ClFN2O2. The van der Waals surface area contributed by atoms with Gasteiger partial charge in [-0.25, -0.2) is 9.18 Å². The first-order chi connectivity index (χ1) is 10.6. The van der Waals surface area contributed by atoms with Gasteiger partial charge in [0, 0.05) is 17.0 Å². The monoisotopic (exact) mass is 318 g/mol. The first-order valence-corrected chi connectivity index (χ1v) is 7.05.